The molecule has 0 aliphatic heterocycles. The number of carbonyl (C=O) groups excluding carboxylic acids is 2. The number of rotatable bonds is 9. The molecule has 4 aromatic rings. The molecule has 1 aromatic carbocycles. The van der Waals surface area contributed by atoms with Crippen molar-refractivity contribution in [2.24, 2.45) is 0 Å². The highest BCUT2D eigenvalue weighted by Gasteiger charge is 2.21. The van der Waals surface area contributed by atoms with E-state index in [-0.39, 0.29) is 18.0 Å². The Morgan fingerprint density at radius 3 is 2.88 bits per heavy atom. The van der Waals surface area contributed by atoms with Crippen LogP contribution in [0.3, 0.4) is 0 Å². The third kappa shape index (κ3) is 5.00. The summed E-state index contributed by atoms with van der Waals surface area (Å²) in [6.45, 7) is 0.704. The van der Waals surface area contributed by atoms with Gasteiger partial charge in [-0.05, 0) is 24.3 Å². The molecule has 0 saturated carbocycles. The van der Waals surface area contributed by atoms with Crippen molar-refractivity contribution in [2.45, 2.75) is 6.54 Å². The van der Waals surface area contributed by atoms with Crippen LogP contribution in [0.1, 0.15) is 10.4 Å². The van der Waals surface area contributed by atoms with E-state index in [0.29, 0.717) is 46.5 Å². The van der Waals surface area contributed by atoms with Gasteiger partial charge in [0.1, 0.15) is 23.6 Å². The molecule has 0 aliphatic carbocycles. The number of aromatic nitrogens is 5. The number of ether oxygens (including phenoxy) is 2. The number of nitrogens with zero attached hydrogens (tertiary/aromatic N) is 5. The maximum Gasteiger partial charge on any atom is 0.261 e. The van der Waals surface area contributed by atoms with Gasteiger partial charge in [-0.3, -0.25) is 14.3 Å². The van der Waals surface area contributed by atoms with Gasteiger partial charge >= 0.3 is 0 Å². The van der Waals surface area contributed by atoms with Crippen molar-refractivity contribution in [3.63, 3.8) is 0 Å². The van der Waals surface area contributed by atoms with Gasteiger partial charge in [-0.15, -0.1) is 0 Å². The van der Waals surface area contributed by atoms with Crippen LogP contribution < -0.4 is 15.4 Å². The van der Waals surface area contributed by atoms with E-state index in [1.165, 1.54) is 22.5 Å². The Morgan fingerprint density at radius 2 is 2.09 bits per heavy atom. The predicted molar refractivity (Wildman–Crippen MR) is 125 cm³/mol. The lowest BCUT2D eigenvalue weighted by molar-refractivity contribution is -0.122. The zero-order valence-electron chi connectivity index (χ0n) is 18.5. The molecule has 2 N–H and O–H groups in total. The van der Waals surface area contributed by atoms with E-state index in [9.17, 15) is 9.59 Å². The van der Waals surface area contributed by atoms with Crippen LogP contribution in [0.2, 0.25) is 5.02 Å². The summed E-state index contributed by atoms with van der Waals surface area (Å²) in [4.78, 5) is 29.6. The summed E-state index contributed by atoms with van der Waals surface area (Å²) in [7, 11) is 3.08. The lowest BCUT2D eigenvalue weighted by atomic mass is 10.1. The van der Waals surface area contributed by atoms with Gasteiger partial charge < -0.3 is 20.1 Å². The van der Waals surface area contributed by atoms with Crippen molar-refractivity contribution in [1.82, 2.24) is 29.7 Å². The first-order valence-corrected chi connectivity index (χ1v) is 10.6. The first kappa shape index (κ1) is 23.2. The molecule has 176 valence electrons. The van der Waals surface area contributed by atoms with Gasteiger partial charge in [-0.1, -0.05) is 11.6 Å². The fourth-order valence-electron chi connectivity index (χ4n) is 3.33. The molecular weight excluding hydrogens is 462 g/mol. The molecular formula is C22H22ClN7O4. The van der Waals surface area contributed by atoms with Crippen molar-refractivity contribution < 1.29 is 19.1 Å². The monoisotopic (exact) mass is 483 g/mol. The second-order valence-corrected chi connectivity index (χ2v) is 7.61. The van der Waals surface area contributed by atoms with Crippen LogP contribution >= 0.6 is 11.6 Å². The molecule has 3 heterocycles. The minimum atomic E-state index is -0.431. The van der Waals surface area contributed by atoms with Crippen LogP contribution in [0.4, 0.5) is 5.69 Å². The SMILES string of the molecule is COCCNC(=O)Cn1cc(NC(=O)c2cnn3cccnc23)c(-c2cc(Cl)ccc2OC)n1. The number of halogens is 1. The molecule has 11 nitrogen and oxygen atoms in total. The highest BCUT2D eigenvalue weighted by atomic mass is 35.5. The van der Waals surface area contributed by atoms with Gasteiger partial charge in [-0.2, -0.15) is 10.2 Å². The number of benzene rings is 1. The average Bonchev–Trinajstić information content (AvgIpc) is 3.43. The number of anilines is 1. The van der Waals surface area contributed by atoms with Crippen molar-refractivity contribution in [2.75, 3.05) is 32.7 Å². The Balaban J connectivity index is 1.68. The average molecular weight is 484 g/mol. The Bertz CT molecular complexity index is 1330. The van der Waals surface area contributed by atoms with E-state index in [0.717, 1.165) is 0 Å². The van der Waals surface area contributed by atoms with Gasteiger partial charge in [0.15, 0.2) is 5.65 Å². The van der Waals surface area contributed by atoms with Crippen molar-refractivity contribution in [3.05, 3.63) is 59.6 Å². The summed E-state index contributed by atoms with van der Waals surface area (Å²) in [6.07, 6.45) is 6.28. The van der Waals surface area contributed by atoms with Gasteiger partial charge in [-0.25, -0.2) is 9.50 Å². The van der Waals surface area contributed by atoms with Gasteiger partial charge in [0, 0.05) is 42.8 Å². The van der Waals surface area contributed by atoms with Crippen LogP contribution in [-0.2, 0) is 16.1 Å². The molecule has 4 rings (SSSR count). The quantitative estimate of drug-likeness (QED) is 0.350. The topological polar surface area (TPSA) is 125 Å². The van der Waals surface area contributed by atoms with Gasteiger partial charge in [0.2, 0.25) is 5.91 Å². The first-order chi connectivity index (χ1) is 16.5. The maximum atomic E-state index is 13.1. The molecule has 12 heteroatoms. The number of hydrogen-bond acceptors (Lipinski definition) is 7. The summed E-state index contributed by atoms with van der Waals surface area (Å²) >= 11 is 6.22. The van der Waals surface area contributed by atoms with Crippen molar-refractivity contribution >= 4 is 34.7 Å². The minimum absolute atomic E-state index is 0.0618. The molecule has 2 amide bonds. The van der Waals surface area contributed by atoms with E-state index < -0.39 is 5.91 Å². The lowest BCUT2D eigenvalue weighted by Crippen LogP contribution is -2.30. The van der Waals surface area contributed by atoms with E-state index >= 15 is 0 Å². The van der Waals surface area contributed by atoms with Crippen LogP contribution in [0.15, 0.2) is 49.1 Å². The normalized spacial score (nSPS) is 10.9. The summed E-state index contributed by atoms with van der Waals surface area (Å²) in [5, 5.41) is 14.7. The summed E-state index contributed by atoms with van der Waals surface area (Å²) in [5.41, 5.74) is 2.01. The fraction of sp³-hybridized carbons (Fsp3) is 0.227. The molecule has 0 unspecified atom stereocenters. The third-order valence-electron chi connectivity index (χ3n) is 4.88. The molecule has 0 radical (unpaired) electrons. The van der Waals surface area contributed by atoms with Crippen LogP contribution in [-0.4, -0.2) is 63.6 Å². The van der Waals surface area contributed by atoms with E-state index in [4.69, 9.17) is 21.1 Å². The number of carbonyl (C=O) groups is 2. The number of hydrogen-bond donors (Lipinski definition) is 2. The highest BCUT2D eigenvalue weighted by Crippen LogP contribution is 2.36. The largest absolute Gasteiger partial charge is 0.496 e. The molecule has 3 aromatic heterocycles. The van der Waals surface area contributed by atoms with E-state index in [1.807, 2.05) is 0 Å². The fourth-order valence-corrected chi connectivity index (χ4v) is 3.50. The van der Waals surface area contributed by atoms with Crippen molar-refractivity contribution in [1.29, 1.82) is 0 Å². The molecule has 0 atom stereocenters. The number of nitrogens with one attached hydrogen (secondary N) is 2. The lowest BCUT2D eigenvalue weighted by Gasteiger charge is -2.09. The van der Waals surface area contributed by atoms with Gasteiger partial charge in [0.05, 0.1) is 25.6 Å². The number of amides is 2. The summed E-state index contributed by atoms with van der Waals surface area (Å²) < 4.78 is 13.3. The molecule has 34 heavy (non-hydrogen) atoms. The smallest absolute Gasteiger partial charge is 0.261 e. The molecule has 0 aliphatic rings. The minimum Gasteiger partial charge on any atom is -0.496 e. The molecule has 0 spiro atoms. The zero-order chi connectivity index (χ0) is 24.1. The Labute approximate surface area is 199 Å². The second-order valence-electron chi connectivity index (χ2n) is 7.18. The Morgan fingerprint density at radius 1 is 1.24 bits per heavy atom. The molecule has 0 fully saturated rings. The maximum absolute atomic E-state index is 13.1. The van der Waals surface area contributed by atoms with Crippen LogP contribution in [0.5, 0.6) is 5.75 Å². The standard InChI is InChI=1S/C22H22ClN7O4/c1-33-9-7-24-19(31)13-29-12-17(20(28-29)15-10-14(23)4-5-18(15)34-2)27-22(32)16-11-26-30-8-3-6-25-21(16)30/h3-6,8,10-12H,7,9,13H2,1-2H3,(H,24,31)(H,27,32). The van der Waals surface area contributed by atoms with Gasteiger partial charge in [0.25, 0.3) is 5.91 Å². The predicted octanol–water partition coefficient (Wildman–Crippen LogP) is 2.27. The number of methoxy groups -OCH3 is 2. The Kier molecular flexibility index (Phi) is 7.04. The summed E-state index contributed by atoms with van der Waals surface area (Å²) in [6, 6.07) is 6.78. The first-order valence-electron chi connectivity index (χ1n) is 10.3. The highest BCUT2D eigenvalue weighted by molar-refractivity contribution is 6.31. The van der Waals surface area contributed by atoms with Crippen molar-refractivity contribution in [3.8, 4) is 17.0 Å². The molecule has 0 saturated heterocycles. The zero-order valence-corrected chi connectivity index (χ0v) is 19.2. The number of fused-ring (bicyclic) bond motifs is 1. The molecule has 0 bridgehead atoms. The summed E-state index contributed by atoms with van der Waals surface area (Å²) in [5.74, 6) is -0.179. The van der Waals surface area contributed by atoms with E-state index in [1.54, 1.807) is 50.0 Å². The van der Waals surface area contributed by atoms with Crippen LogP contribution in [0, 0.1) is 0 Å². The van der Waals surface area contributed by atoms with Crippen LogP contribution in [0.25, 0.3) is 16.9 Å². The third-order valence-corrected chi connectivity index (χ3v) is 5.12. The second kappa shape index (κ2) is 10.3. The Hall–Kier alpha value is -3.96. The van der Waals surface area contributed by atoms with E-state index in [2.05, 4.69) is 25.8 Å².